The molecule has 19 heavy (non-hydrogen) atoms. The zero-order valence-corrected chi connectivity index (χ0v) is 11.0. The number of hydrogen-bond donors (Lipinski definition) is 1. The van der Waals surface area contributed by atoms with Crippen LogP contribution in [0.1, 0.15) is 12.5 Å². The summed E-state index contributed by atoms with van der Waals surface area (Å²) >= 11 is 0. The van der Waals surface area contributed by atoms with Crippen LogP contribution in [0.15, 0.2) is 24.3 Å². The quantitative estimate of drug-likeness (QED) is 0.885. The molecule has 5 nitrogen and oxygen atoms in total. The maximum absolute atomic E-state index is 12.2. The fourth-order valence-corrected chi connectivity index (χ4v) is 2.14. The lowest BCUT2D eigenvalue weighted by atomic mass is 10.1. The monoisotopic (exact) mass is 263 g/mol. The first kappa shape index (κ1) is 13.4. The lowest BCUT2D eigenvalue weighted by Gasteiger charge is -2.22. The minimum atomic E-state index is -0.907. The number of hydrogen-bond acceptors (Lipinski definition) is 3. The lowest BCUT2D eigenvalue weighted by molar-refractivity contribution is -0.144. The SMILES string of the molecule is CC(CN(C)C(=O)C1Cc2ccccc2O1)C(=O)O. The zero-order valence-electron chi connectivity index (χ0n) is 11.0. The number of fused-ring (bicyclic) bond motifs is 1. The van der Waals surface area contributed by atoms with Crippen molar-refractivity contribution in [2.45, 2.75) is 19.4 Å². The Kier molecular flexibility index (Phi) is 3.74. The van der Waals surface area contributed by atoms with Crippen LogP contribution in [0.4, 0.5) is 0 Å². The van der Waals surface area contributed by atoms with Crippen LogP contribution in [0.25, 0.3) is 0 Å². The Bertz CT molecular complexity index is 475. The molecule has 2 atom stereocenters. The van der Waals surface area contributed by atoms with Crippen LogP contribution >= 0.6 is 0 Å². The van der Waals surface area contributed by atoms with Crippen molar-refractivity contribution in [1.82, 2.24) is 4.90 Å². The molecule has 1 N–H and O–H groups in total. The van der Waals surface area contributed by atoms with E-state index in [1.165, 1.54) is 4.90 Å². The number of likely N-dealkylation sites (N-methyl/N-ethyl adjacent to an activating group) is 1. The summed E-state index contributed by atoms with van der Waals surface area (Å²) in [5, 5.41) is 8.85. The molecular weight excluding hydrogens is 246 g/mol. The smallest absolute Gasteiger partial charge is 0.308 e. The second kappa shape index (κ2) is 5.30. The first-order chi connectivity index (χ1) is 8.99. The van der Waals surface area contributed by atoms with E-state index in [2.05, 4.69) is 0 Å². The molecule has 0 fully saturated rings. The van der Waals surface area contributed by atoms with Crippen LogP contribution in [0.5, 0.6) is 5.75 Å². The van der Waals surface area contributed by atoms with Gasteiger partial charge in [0.2, 0.25) is 0 Å². The molecule has 1 aliphatic rings. The number of rotatable bonds is 4. The van der Waals surface area contributed by atoms with E-state index in [-0.39, 0.29) is 12.5 Å². The van der Waals surface area contributed by atoms with Crippen molar-refractivity contribution in [1.29, 1.82) is 0 Å². The van der Waals surface area contributed by atoms with Gasteiger partial charge in [-0.1, -0.05) is 25.1 Å². The van der Waals surface area contributed by atoms with Crippen molar-refractivity contribution in [2.75, 3.05) is 13.6 Å². The van der Waals surface area contributed by atoms with E-state index in [0.29, 0.717) is 6.42 Å². The first-order valence-corrected chi connectivity index (χ1v) is 6.21. The van der Waals surface area contributed by atoms with E-state index in [9.17, 15) is 9.59 Å². The molecule has 2 rings (SSSR count). The maximum atomic E-state index is 12.2. The highest BCUT2D eigenvalue weighted by molar-refractivity contribution is 5.83. The number of carbonyl (C=O) groups is 2. The third-order valence-electron chi connectivity index (χ3n) is 3.27. The third-order valence-corrected chi connectivity index (χ3v) is 3.27. The first-order valence-electron chi connectivity index (χ1n) is 6.21. The molecule has 0 bridgehead atoms. The molecule has 1 aliphatic heterocycles. The third kappa shape index (κ3) is 2.86. The van der Waals surface area contributed by atoms with Gasteiger partial charge < -0.3 is 14.7 Å². The van der Waals surface area contributed by atoms with E-state index >= 15 is 0 Å². The molecule has 0 saturated heterocycles. The predicted molar refractivity (Wildman–Crippen MR) is 69.0 cm³/mol. The lowest BCUT2D eigenvalue weighted by Crippen LogP contribution is -2.42. The van der Waals surface area contributed by atoms with Crippen molar-refractivity contribution >= 4 is 11.9 Å². The summed E-state index contributed by atoms with van der Waals surface area (Å²) in [5.74, 6) is -0.933. The fraction of sp³-hybridized carbons (Fsp3) is 0.429. The molecule has 1 amide bonds. The van der Waals surface area contributed by atoms with E-state index < -0.39 is 18.0 Å². The minimum Gasteiger partial charge on any atom is -0.481 e. The highest BCUT2D eigenvalue weighted by Crippen LogP contribution is 2.28. The van der Waals surface area contributed by atoms with Gasteiger partial charge in [-0.3, -0.25) is 9.59 Å². The molecule has 2 unspecified atom stereocenters. The Balaban J connectivity index is 1.97. The van der Waals surface area contributed by atoms with Crippen LogP contribution in [0.2, 0.25) is 0 Å². The van der Waals surface area contributed by atoms with E-state index in [1.54, 1.807) is 14.0 Å². The largest absolute Gasteiger partial charge is 0.481 e. The molecule has 0 aromatic heterocycles. The van der Waals surface area contributed by atoms with Gasteiger partial charge in [-0.05, 0) is 11.6 Å². The van der Waals surface area contributed by atoms with Crippen LogP contribution in [0.3, 0.4) is 0 Å². The number of carbonyl (C=O) groups excluding carboxylic acids is 1. The van der Waals surface area contributed by atoms with Crippen LogP contribution in [-0.4, -0.2) is 41.6 Å². The molecule has 0 aliphatic carbocycles. The zero-order chi connectivity index (χ0) is 14.0. The minimum absolute atomic E-state index is 0.177. The average molecular weight is 263 g/mol. The van der Waals surface area contributed by atoms with Crippen LogP contribution in [0, 0.1) is 5.92 Å². The summed E-state index contributed by atoms with van der Waals surface area (Å²) in [6, 6.07) is 7.54. The normalized spacial score (nSPS) is 18.3. The van der Waals surface area contributed by atoms with Gasteiger partial charge in [0.05, 0.1) is 5.92 Å². The van der Waals surface area contributed by atoms with Gasteiger partial charge in [-0.2, -0.15) is 0 Å². The molecule has 1 aromatic rings. The number of aliphatic carboxylic acids is 1. The topological polar surface area (TPSA) is 66.8 Å². The predicted octanol–water partition coefficient (Wildman–Crippen LogP) is 1.17. The summed E-state index contributed by atoms with van der Waals surface area (Å²) in [6.07, 6.45) is 0.00394. The molecule has 0 spiro atoms. The Morgan fingerprint density at radius 2 is 2.16 bits per heavy atom. The number of amides is 1. The van der Waals surface area contributed by atoms with Crippen molar-refractivity contribution in [3.63, 3.8) is 0 Å². The highest BCUT2D eigenvalue weighted by Gasteiger charge is 2.31. The van der Waals surface area contributed by atoms with Gasteiger partial charge >= 0.3 is 5.97 Å². The van der Waals surface area contributed by atoms with Gasteiger partial charge in [0.25, 0.3) is 5.91 Å². The van der Waals surface area contributed by atoms with Gasteiger partial charge in [-0.25, -0.2) is 0 Å². The average Bonchev–Trinajstić information content (AvgIpc) is 2.81. The van der Waals surface area contributed by atoms with Crippen molar-refractivity contribution < 1.29 is 19.4 Å². The summed E-state index contributed by atoms with van der Waals surface area (Å²) in [6.45, 7) is 1.76. The molecule has 0 radical (unpaired) electrons. The number of para-hydroxylation sites is 1. The maximum Gasteiger partial charge on any atom is 0.308 e. The molecule has 1 aromatic carbocycles. The Morgan fingerprint density at radius 3 is 2.79 bits per heavy atom. The van der Waals surface area contributed by atoms with Gasteiger partial charge in [0.1, 0.15) is 5.75 Å². The number of nitrogens with zero attached hydrogens (tertiary/aromatic N) is 1. The standard InChI is InChI=1S/C14H17NO4/c1-9(14(17)18)8-15(2)13(16)12-7-10-5-3-4-6-11(10)19-12/h3-6,9,12H,7-8H2,1-2H3,(H,17,18). The summed E-state index contributed by atoms with van der Waals surface area (Å²) in [7, 11) is 1.61. The molecule has 0 saturated carbocycles. The Morgan fingerprint density at radius 1 is 1.47 bits per heavy atom. The summed E-state index contributed by atoms with van der Waals surface area (Å²) < 4.78 is 5.59. The van der Waals surface area contributed by atoms with Crippen molar-refractivity contribution in [3.8, 4) is 5.75 Å². The Hall–Kier alpha value is -2.04. The van der Waals surface area contributed by atoms with Crippen molar-refractivity contribution in [2.24, 2.45) is 5.92 Å². The fourth-order valence-electron chi connectivity index (χ4n) is 2.14. The number of carboxylic acid groups (broad SMARTS) is 1. The van der Waals surface area contributed by atoms with Crippen LogP contribution in [-0.2, 0) is 16.0 Å². The molecule has 102 valence electrons. The number of benzene rings is 1. The Labute approximate surface area is 111 Å². The van der Waals surface area contributed by atoms with E-state index in [1.807, 2.05) is 24.3 Å². The number of carboxylic acids is 1. The van der Waals surface area contributed by atoms with E-state index in [4.69, 9.17) is 9.84 Å². The molecule has 1 heterocycles. The second-order valence-electron chi connectivity index (χ2n) is 4.88. The molecular formula is C14H17NO4. The van der Waals surface area contributed by atoms with E-state index in [0.717, 1.165) is 11.3 Å². The van der Waals surface area contributed by atoms with Crippen LogP contribution < -0.4 is 4.74 Å². The van der Waals surface area contributed by atoms with Crippen molar-refractivity contribution in [3.05, 3.63) is 29.8 Å². The second-order valence-corrected chi connectivity index (χ2v) is 4.88. The van der Waals surface area contributed by atoms with Gasteiger partial charge in [0, 0.05) is 20.0 Å². The van der Waals surface area contributed by atoms with Gasteiger partial charge in [-0.15, -0.1) is 0 Å². The van der Waals surface area contributed by atoms with Gasteiger partial charge in [0.15, 0.2) is 6.10 Å². The summed E-state index contributed by atoms with van der Waals surface area (Å²) in [5.41, 5.74) is 1.01. The number of ether oxygens (including phenoxy) is 1. The highest BCUT2D eigenvalue weighted by atomic mass is 16.5. The molecule has 5 heteroatoms. The summed E-state index contributed by atoms with van der Waals surface area (Å²) in [4.78, 5) is 24.4.